The minimum absolute atomic E-state index is 0.178. The van der Waals surface area contributed by atoms with Crippen molar-refractivity contribution < 1.29 is 9.53 Å². The number of allylic oxidation sites excluding steroid dienone is 1. The van der Waals surface area contributed by atoms with Crippen molar-refractivity contribution in [2.45, 2.75) is 46.1 Å². The third-order valence-corrected chi connectivity index (χ3v) is 3.68. The zero-order valence-corrected chi connectivity index (χ0v) is 14.5. The van der Waals surface area contributed by atoms with E-state index in [1.165, 1.54) is 0 Å². The number of amides is 1. The Hall–Kier alpha value is -0.460. The first-order valence-electron chi connectivity index (χ1n) is 6.71. The Bertz CT molecular complexity index is 329. The fourth-order valence-electron chi connectivity index (χ4n) is 2.00. The maximum Gasteiger partial charge on any atom is 0.410 e. The Morgan fingerprint density at radius 2 is 2.00 bits per heavy atom. The quantitative estimate of drug-likeness (QED) is 0.463. The zero-order chi connectivity index (χ0) is 14.5. The topological polar surface area (TPSA) is 41.6 Å². The Morgan fingerprint density at radius 3 is 2.47 bits per heavy atom. The molecule has 0 radical (unpaired) electrons. The van der Waals surface area contributed by atoms with Crippen LogP contribution in [-0.2, 0) is 4.74 Å². The number of nitrogens with one attached hydrogen (secondary N) is 1. The molecular formula is C14H25IN2O2. The first-order valence-corrected chi connectivity index (χ1v) is 8.23. The maximum atomic E-state index is 12.0. The molecule has 0 aromatic rings. The summed E-state index contributed by atoms with van der Waals surface area (Å²) in [5.41, 5.74) is -0.237. The van der Waals surface area contributed by atoms with Crippen molar-refractivity contribution in [3.63, 3.8) is 0 Å². The van der Waals surface area contributed by atoms with E-state index in [-0.39, 0.29) is 11.5 Å². The number of hydrogen-bond donors (Lipinski definition) is 1. The summed E-state index contributed by atoms with van der Waals surface area (Å²) in [6, 6.07) is 0. The average Bonchev–Trinajstić information content (AvgIpc) is 2.27. The molecule has 19 heavy (non-hydrogen) atoms. The lowest BCUT2D eigenvalue weighted by atomic mass is 9.80. The van der Waals surface area contributed by atoms with Gasteiger partial charge in [-0.25, -0.2) is 4.79 Å². The predicted molar refractivity (Wildman–Crippen MR) is 86.3 cm³/mol. The molecule has 4 nitrogen and oxygen atoms in total. The first kappa shape index (κ1) is 16.6. The molecule has 1 fully saturated rings. The van der Waals surface area contributed by atoms with Gasteiger partial charge in [0.05, 0.1) is 4.55 Å². The molecule has 5 heteroatoms. The lowest BCUT2D eigenvalue weighted by molar-refractivity contribution is 0.0155. The van der Waals surface area contributed by atoms with Crippen LogP contribution >= 0.6 is 22.6 Å². The van der Waals surface area contributed by atoms with Gasteiger partial charge in [0.2, 0.25) is 0 Å². The molecule has 1 aliphatic rings. The van der Waals surface area contributed by atoms with E-state index >= 15 is 0 Å². The zero-order valence-electron chi connectivity index (χ0n) is 12.3. The van der Waals surface area contributed by atoms with Crippen LogP contribution in [0.5, 0.6) is 0 Å². The second kappa shape index (κ2) is 6.81. The van der Waals surface area contributed by atoms with Crippen LogP contribution in [0, 0.1) is 5.41 Å². The number of nitrogens with zero attached hydrogens (tertiary/aromatic N) is 1. The largest absolute Gasteiger partial charge is 0.444 e. The highest BCUT2D eigenvalue weighted by atomic mass is 127. The Morgan fingerprint density at radius 1 is 1.42 bits per heavy atom. The minimum Gasteiger partial charge on any atom is -0.444 e. The van der Waals surface area contributed by atoms with E-state index in [4.69, 9.17) is 4.74 Å². The molecule has 0 spiro atoms. The molecule has 0 aromatic carbocycles. The fraction of sp³-hybridized carbons (Fsp3) is 0.786. The van der Waals surface area contributed by atoms with E-state index < -0.39 is 5.60 Å². The Kier molecular flexibility index (Phi) is 5.95. The highest BCUT2D eigenvalue weighted by molar-refractivity contribution is 14.1. The van der Waals surface area contributed by atoms with Crippen LogP contribution in [0.4, 0.5) is 4.79 Å². The third kappa shape index (κ3) is 6.01. The molecule has 0 aliphatic carbocycles. The molecule has 0 unspecified atom stereocenters. The van der Waals surface area contributed by atoms with E-state index in [1.807, 2.05) is 31.9 Å². The lowest BCUT2D eigenvalue weighted by Crippen LogP contribution is -2.44. The number of halogens is 1. The van der Waals surface area contributed by atoms with Gasteiger partial charge in [-0.05, 0) is 45.2 Å². The number of carbonyl (C=O) groups excluding carboxylic acids is 1. The minimum atomic E-state index is -0.415. The van der Waals surface area contributed by atoms with Crippen molar-refractivity contribution in [1.29, 1.82) is 0 Å². The second-order valence-electron chi connectivity index (χ2n) is 6.29. The van der Waals surface area contributed by atoms with E-state index in [1.54, 1.807) is 0 Å². The summed E-state index contributed by atoms with van der Waals surface area (Å²) in [5, 5.41) is 3.19. The molecule has 110 valence electrons. The van der Waals surface area contributed by atoms with Gasteiger partial charge in [-0.2, -0.15) is 0 Å². The Balaban J connectivity index is 2.46. The molecule has 0 aromatic heterocycles. The molecule has 0 saturated carbocycles. The summed E-state index contributed by atoms with van der Waals surface area (Å²) in [6.07, 6.45) is 6.01. The fourth-order valence-corrected chi connectivity index (χ4v) is 2.25. The highest BCUT2D eigenvalue weighted by Gasteiger charge is 2.31. The molecule has 1 N–H and O–H groups in total. The standard InChI is InChI=1S/C14H25IN2O2/c1-13(2,3)19-12(18)17-9-6-14(4,7-10-17)5-8-16-11-15/h5,8,16H,6-7,9-11H2,1-4H3/b8-5-. The summed E-state index contributed by atoms with van der Waals surface area (Å²) in [4.78, 5) is 13.8. The predicted octanol–water partition coefficient (Wildman–Crippen LogP) is 3.52. The van der Waals surface area contributed by atoms with Gasteiger partial charge in [-0.3, -0.25) is 0 Å². The Labute approximate surface area is 130 Å². The summed E-state index contributed by atoms with van der Waals surface area (Å²) in [7, 11) is 0. The average molecular weight is 380 g/mol. The van der Waals surface area contributed by atoms with Gasteiger partial charge >= 0.3 is 6.09 Å². The van der Waals surface area contributed by atoms with Gasteiger partial charge in [0.1, 0.15) is 5.60 Å². The molecule has 1 saturated heterocycles. The molecule has 1 aliphatic heterocycles. The van der Waals surface area contributed by atoms with Crippen molar-refractivity contribution in [3.05, 3.63) is 12.3 Å². The summed E-state index contributed by atoms with van der Waals surface area (Å²) >= 11 is 2.28. The highest BCUT2D eigenvalue weighted by Crippen LogP contribution is 2.32. The number of alkyl halides is 1. The van der Waals surface area contributed by atoms with Crippen molar-refractivity contribution in [1.82, 2.24) is 10.2 Å². The number of piperidine rings is 1. The van der Waals surface area contributed by atoms with E-state index in [0.717, 1.165) is 30.5 Å². The smallest absolute Gasteiger partial charge is 0.410 e. The second-order valence-corrected chi connectivity index (χ2v) is 7.06. The van der Waals surface area contributed by atoms with Crippen molar-refractivity contribution in [2.24, 2.45) is 5.41 Å². The van der Waals surface area contributed by atoms with Crippen LogP contribution in [-0.4, -0.2) is 34.2 Å². The first-order chi connectivity index (χ1) is 8.76. The van der Waals surface area contributed by atoms with E-state index in [9.17, 15) is 4.79 Å². The van der Waals surface area contributed by atoms with Crippen LogP contribution in [0.3, 0.4) is 0 Å². The van der Waals surface area contributed by atoms with Gasteiger partial charge in [0, 0.05) is 13.1 Å². The normalized spacial score (nSPS) is 19.5. The molecular weight excluding hydrogens is 355 g/mol. The van der Waals surface area contributed by atoms with Crippen molar-refractivity contribution >= 4 is 28.7 Å². The van der Waals surface area contributed by atoms with Crippen LogP contribution in [0.15, 0.2) is 12.3 Å². The van der Waals surface area contributed by atoms with Crippen LogP contribution in [0.2, 0.25) is 0 Å². The van der Waals surface area contributed by atoms with Crippen LogP contribution in [0.25, 0.3) is 0 Å². The lowest BCUT2D eigenvalue weighted by Gasteiger charge is -2.38. The number of carbonyl (C=O) groups is 1. The SMILES string of the molecule is CC1(/C=C\NCI)CCN(C(=O)OC(C)(C)C)CC1. The van der Waals surface area contributed by atoms with Crippen molar-refractivity contribution in [3.8, 4) is 0 Å². The molecule has 0 atom stereocenters. The maximum absolute atomic E-state index is 12.0. The van der Waals surface area contributed by atoms with Crippen molar-refractivity contribution in [2.75, 3.05) is 17.6 Å². The van der Waals surface area contributed by atoms with Gasteiger partial charge in [0.25, 0.3) is 0 Å². The number of likely N-dealkylation sites (tertiary alicyclic amines) is 1. The van der Waals surface area contributed by atoms with Gasteiger partial charge in [-0.1, -0.05) is 35.6 Å². The van der Waals surface area contributed by atoms with Gasteiger partial charge < -0.3 is 15.0 Å². The molecule has 1 amide bonds. The monoisotopic (exact) mass is 380 g/mol. The summed E-state index contributed by atoms with van der Waals surface area (Å²) < 4.78 is 6.31. The summed E-state index contributed by atoms with van der Waals surface area (Å²) in [6.45, 7) is 9.47. The molecule has 1 rings (SSSR count). The molecule has 0 bridgehead atoms. The van der Waals surface area contributed by atoms with Crippen LogP contribution in [0.1, 0.15) is 40.5 Å². The van der Waals surface area contributed by atoms with E-state index in [2.05, 4.69) is 40.9 Å². The number of rotatable bonds is 3. The number of ether oxygens (including phenoxy) is 1. The van der Waals surface area contributed by atoms with Crippen LogP contribution < -0.4 is 5.32 Å². The number of hydrogen-bond acceptors (Lipinski definition) is 3. The summed E-state index contributed by atoms with van der Waals surface area (Å²) in [5.74, 6) is 0. The van der Waals surface area contributed by atoms with Gasteiger partial charge in [-0.15, -0.1) is 0 Å². The van der Waals surface area contributed by atoms with Gasteiger partial charge in [0.15, 0.2) is 0 Å². The third-order valence-electron chi connectivity index (χ3n) is 3.24. The van der Waals surface area contributed by atoms with E-state index in [0.29, 0.717) is 0 Å². The molecule has 1 heterocycles.